The van der Waals surface area contributed by atoms with Crippen LogP contribution in [0.2, 0.25) is 0 Å². The van der Waals surface area contributed by atoms with Gasteiger partial charge in [-0.15, -0.1) is 6.58 Å². The van der Waals surface area contributed by atoms with Gasteiger partial charge in [0.1, 0.15) is 6.54 Å². The number of likely N-dealkylation sites (tertiary alicyclic amines) is 1. The minimum absolute atomic E-state index is 0.0477. The third kappa shape index (κ3) is 3.42. The number of nitrogens with two attached hydrogens (primary N) is 1. The number of rotatable bonds is 5. The van der Waals surface area contributed by atoms with Gasteiger partial charge in [-0.3, -0.25) is 19.3 Å². The largest absolute Gasteiger partial charge is 0.341 e. The monoisotopic (exact) mass is 322 g/mol. The third-order valence-corrected chi connectivity index (χ3v) is 4.38. The van der Waals surface area contributed by atoms with E-state index in [-0.39, 0.29) is 18.5 Å². The van der Waals surface area contributed by atoms with E-state index in [4.69, 9.17) is 5.73 Å². The van der Waals surface area contributed by atoms with Crippen molar-refractivity contribution in [1.29, 1.82) is 0 Å². The maximum Gasteiger partial charge on any atom is 0.335 e. The number of carbonyl (C=O) groups is 4. The molecule has 23 heavy (non-hydrogen) atoms. The zero-order chi connectivity index (χ0) is 17.1. The molecule has 0 aromatic rings. The number of nitrogens with zero attached hydrogens (tertiary/aromatic N) is 3. The standard InChI is InChI=1S/C15H22N4O4/c1-3-6-18-13(21)14(22)19(15(18)23)9-12(20)17-7-4-11(5-8-17)10(2)16/h3,10-11H,1,4-9,16H2,2H3. The fourth-order valence-corrected chi connectivity index (χ4v) is 2.89. The quantitative estimate of drug-likeness (QED) is 0.419. The Labute approximate surface area is 134 Å². The second-order valence-corrected chi connectivity index (χ2v) is 5.96. The number of hydrogen-bond acceptors (Lipinski definition) is 5. The molecule has 0 aromatic heterocycles. The second kappa shape index (κ2) is 6.91. The summed E-state index contributed by atoms with van der Waals surface area (Å²) in [6.45, 7) is 6.03. The number of hydrogen-bond donors (Lipinski definition) is 1. The Morgan fingerprint density at radius 1 is 1.26 bits per heavy atom. The molecule has 2 saturated heterocycles. The van der Waals surface area contributed by atoms with Gasteiger partial charge in [0.2, 0.25) is 5.91 Å². The highest BCUT2D eigenvalue weighted by molar-refractivity contribution is 6.45. The van der Waals surface area contributed by atoms with Gasteiger partial charge in [-0.2, -0.15) is 0 Å². The van der Waals surface area contributed by atoms with E-state index in [1.165, 1.54) is 6.08 Å². The van der Waals surface area contributed by atoms with Crippen LogP contribution in [0.1, 0.15) is 19.8 Å². The van der Waals surface area contributed by atoms with Gasteiger partial charge in [0.15, 0.2) is 0 Å². The molecule has 0 spiro atoms. The minimum Gasteiger partial charge on any atom is -0.341 e. The van der Waals surface area contributed by atoms with E-state index in [2.05, 4.69) is 6.58 Å². The van der Waals surface area contributed by atoms with E-state index >= 15 is 0 Å². The molecule has 0 bridgehead atoms. The Hall–Kier alpha value is -2.22. The van der Waals surface area contributed by atoms with Gasteiger partial charge in [-0.25, -0.2) is 9.69 Å². The summed E-state index contributed by atoms with van der Waals surface area (Å²) in [7, 11) is 0. The van der Waals surface area contributed by atoms with Crippen molar-refractivity contribution >= 4 is 23.8 Å². The van der Waals surface area contributed by atoms with Crippen LogP contribution >= 0.6 is 0 Å². The van der Waals surface area contributed by atoms with Crippen LogP contribution in [0.3, 0.4) is 0 Å². The first-order valence-corrected chi connectivity index (χ1v) is 7.68. The van der Waals surface area contributed by atoms with Gasteiger partial charge in [0, 0.05) is 25.7 Å². The predicted octanol–water partition coefficient (Wildman–Crippen LogP) is -0.451. The van der Waals surface area contributed by atoms with E-state index in [0.717, 1.165) is 17.7 Å². The van der Waals surface area contributed by atoms with Crippen LogP contribution in [0.4, 0.5) is 4.79 Å². The molecule has 1 unspecified atom stereocenters. The van der Waals surface area contributed by atoms with Gasteiger partial charge in [-0.05, 0) is 25.7 Å². The Bertz CT molecular complexity index is 538. The Morgan fingerprint density at radius 3 is 2.35 bits per heavy atom. The topological polar surface area (TPSA) is 104 Å². The molecule has 2 heterocycles. The molecule has 2 aliphatic heterocycles. The lowest BCUT2D eigenvalue weighted by Crippen LogP contribution is -2.47. The van der Waals surface area contributed by atoms with Crippen molar-refractivity contribution in [1.82, 2.24) is 14.7 Å². The molecule has 126 valence electrons. The van der Waals surface area contributed by atoms with Crippen LogP contribution in [-0.2, 0) is 14.4 Å². The van der Waals surface area contributed by atoms with Gasteiger partial charge in [-0.1, -0.05) is 6.08 Å². The van der Waals surface area contributed by atoms with E-state index in [1.807, 2.05) is 6.92 Å². The first-order chi connectivity index (χ1) is 10.9. The number of carbonyl (C=O) groups excluding carboxylic acids is 4. The molecule has 0 aromatic carbocycles. The summed E-state index contributed by atoms with van der Waals surface area (Å²) in [5.41, 5.74) is 5.86. The molecule has 2 rings (SSSR count). The number of imide groups is 2. The maximum atomic E-state index is 12.3. The number of piperidine rings is 1. The van der Waals surface area contributed by atoms with Gasteiger partial charge in [0.25, 0.3) is 0 Å². The van der Waals surface area contributed by atoms with Crippen molar-refractivity contribution in [2.24, 2.45) is 11.7 Å². The number of amides is 5. The van der Waals surface area contributed by atoms with Crippen LogP contribution in [0, 0.1) is 5.92 Å². The molecular weight excluding hydrogens is 300 g/mol. The van der Waals surface area contributed by atoms with E-state index in [9.17, 15) is 19.2 Å². The fraction of sp³-hybridized carbons (Fsp3) is 0.600. The zero-order valence-electron chi connectivity index (χ0n) is 13.2. The molecular formula is C15H22N4O4. The van der Waals surface area contributed by atoms with Crippen molar-refractivity contribution in [3.8, 4) is 0 Å². The average Bonchev–Trinajstić information content (AvgIpc) is 2.73. The average molecular weight is 322 g/mol. The highest BCUT2D eigenvalue weighted by Gasteiger charge is 2.45. The van der Waals surface area contributed by atoms with Gasteiger partial charge in [0.05, 0.1) is 0 Å². The first-order valence-electron chi connectivity index (χ1n) is 7.68. The third-order valence-electron chi connectivity index (χ3n) is 4.38. The lowest BCUT2D eigenvalue weighted by atomic mass is 9.91. The molecule has 8 heteroatoms. The predicted molar refractivity (Wildman–Crippen MR) is 82.0 cm³/mol. The summed E-state index contributed by atoms with van der Waals surface area (Å²) in [5.74, 6) is -1.84. The van der Waals surface area contributed by atoms with E-state index in [0.29, 0.717) is 23.9 Å². The minimum atomic E-state index is -0.962. The van der Waals surface area contributed by atoms with Crippen molar-refractivity contribution in [3.05, 3.63) is 12.7 Å². The molecule has 0 aliphatic carbocycles. The summed E-state index contributed by atoms with van der Waals surface area (Å²) < 4.78 is 0. The van der Waals surface area contributed by atoms with Crippen molar-refractivity contribution in [2.45, 2.75) is 25.8 Å². The van der Waals surface area contributed by atoms with Crippen LogP contribution in [0.25, 0.3) is 0 Å². The van der Waals surface area contributed by atoms with Gasteiger partial charge >= 0.3 is 17.8 Å². The molecule has 0 radical (unpaired) electrons. The second-order valence-electron chi connectivity index (χ2n) is 5.96. The van der Waals surface area contributed by atoms with Crippen molar-refractivity contribution < 1.29 is 19.2 Å². The van der Waals surface area contributed by atoms with E-state index < -0.39 is 24.4 Å². The molecule has 2 fully saturated rings. The number of urea groups is 1. The zero-order valence-corrected chi connectivity index (χ0v) is 13.2. The Kier molecular flexibility index (Phi) is 5.15. The molecule has 0 saturated carbocycles. The fourth-order valence-electron chi connectivity index (χ4n) is 2.89. The van der Waals surface area contributed by atoms with Gasteiger partial charge < -0.3 is 10.6 Å². The molecule has 8 nitrogen and oxygen atoms in total. The molecule has 2 N–H and O–H groups in total. The Morgan fingerprint density at radius 2 is 1.83 bits per heavy atom. The summed E-state index contributed by atoms with van der Waals surface area (Å²) in [6, 6.07) is -0.683. The summed E-state index contributed by atoms with van der Waals surface area (Å²) in [6.07, 6.45) is 2.95. The van der Waals surface area contributed by atoms with E-state index in [1.54, 1.807) is 4.90 Å². The molecule has 2 aliphatic rings. The van der Waals surface area contributed by atoms with Crippen LogP contribution in [-0.4, -0.2) is 70.7 Å². The maximum absolute atomic E-state index is 12.3. The van der Waals surface area contributed by atoms with Crippen molar-refractivity contribution in [2.75, 3.05) is 26.2 Å². The highest BCUT2D eigenvalue weighted by Crippen LogP contribution is 2.20. The highest BCUT2D eigenvalue weighted by atomic mass is 16.2. The van der Waals surface area contributed by atoms with Crippen molar-refractivity contribution in [3.63, 3.8) is 0 Å². The summed E-state index contributed by atoms with van der Waals surface area (Å²) in [5, 5.41) is 0. The summed E-state index contributed by atoms with van der Waals surface area (Å²) >= 11 is 0. The first kappa shape index (κ1) is 17.1. The smallest absolute Gasteiger partial charge is 0.335 e. The lowest BCUT2D eigenvalue weighted by molar-refractivity contribution is -0.145. The molecule has 5 amide bonds. The summed E-state index contributed by atoms with van der Waals surface area (Å²) in [4.78, 5) is 51.0. The van der Waals surface area contributed by atoms with Crippen LogP contribution in [0.15, 0.2) is 12.7 Å². The van der Waals surface area contributed by atoms with Crippen LogP contribution < -0.4 is 5.73 Å². The lowest BCUT2D eigenvalue weighted by Gasteiger charge is -2.34. The normalized spacial score (nSPS) is 21.1. The SMILES string of the molecule is C=CCN1C(=O)C(=O)N(CC(=O)N2CCC(C(C)N)CC2)C1=O. The van der Waals surface area contributed by atoms with Crippen LogP contribution in [0.5, 0.6) is 0 Å². The molecule has 1 atom stereocenters. The Balaban J connectivity index is 1.95.